The van der Waals surface area contributed by atoms with Crippen LogP contribution in [-0.2, 0) is 9.59 Å². The van der Waals surface area contributed by atoms with Gasteiger partial charge in [-0.1, -0.05) is 11.6 Å². The van der Waals surface area contributed by atoms with Crippen LogP contribution < -0.4 is 15.5 Å². The molecule has 0 atom stereocenters. The molecule has 24 heavy (non-hydrogen) atoms. The molecule has 6 nitrogen and oxygen atoms in total. The van der Waals surface area contributed by atoms with Crippen molar-refractivity contribution < 1.29 is 14.3 Å². The number of benzene rings is 2. The van der Waals surface area contributed by atoms with Crippen LogP contribution in [0.15, 0.2) is 53.6 Å². The quantitative estimate of drug-likeness (QED) is 0.497. The lowest BCUT2D eigenvalue weighted by atomic mass is 10.2. The van der Waals surface area contributed by atoms with Crippen LogP contribution >= 0.6 is 11.6 Å². The highest BCUT2D eigenvalue weighted by Crippen LogP contribution is 2.13. The molecule has 0 radical (unpaired) electrons. The van der Waals surface area contributed by atoms with Crippen LogP contribution in [0, 0.1) is 0 Å². The van der Waals surface area contributed by atoms with E-state index in [1.807, 2.05) is 6.92 Å². The highest BCUT2D eigenvalue weighted by molar-refractivity contribution is 6.39. The Labute approximate surface area is 144 Å². The molecule has 0 heterocycles. The Morgan fingerprint density at radius 3 is 2.38 bits per heavy atom. The minimum Gasteiger partial charge on any atom is -0.494 e. The van der Waals surface area contributed by atoms with Crippen LogP contribution in [0.3, 0.4) is 0 Å². The summed E-state index contributed by atoms with van der Waals surface area (Å²) in [6, 6.07) is 13.6. The minimum absolute atomic E-state index is 0.468. The molecule has 2 amide bonds. The predicted octanol–water partition coefficient (Wildman–Crippen LogP) is 2.83. The van der Waals surface area contributed by atoms with Crippen molar-refractivity contribution in [2.75, 3.05) is 11.9 Å². The van der Waals surface area contributed by atoms with Crippen LogP contribution in [-0.4, -0.2) is 24.6 Å². The van der Waals surface area contributed by atoms with E-state index in [2.05, 4.69) is 15.8 Å². The molecule has 0 unspecified atom stereocenters. The average molecular weight is 346 g/mol. The fourth-order valence-electron chi connectivity index (χ4n) is 1.75. The maximum absolute atomic E-state index is 11.7. The molecule has 2 aromatic carbocycles. The third kappa shape index (κ3) is 5.40. The van der Waals surface area contributed by atoms with E-state index in [0.717, 1.165) is 11.3 Å². The van der Waals surface area contributed by atoms with Gasteiger partial charge < -0.3 is 10.1 Å². The van der Waals surface area contributed by atoms with E-state index < -0.39 is 11.8 Å². The molecule has 0 spiro atoms. The zero-order valence-corrected chi connectivity index (χ0v) is 13.7. The average Bonchev–Trinajstić information content (AvgIpc) is 2.58. The fraction of sp³-hybridized carbons (Fsp3) is 0.118. The number of nitrogens with one attached hydrogen (secondary N) is 2. The Balaban J connectivity index is 1.85. The van der Waals surface area contributed by atoms with Crippen LogP contribution in [0.1, 0.15) is 12.5 Å². The lowest BCUT2D eigenvalue weighted by Crippen LogP contribution is -2.32. The molecule has 0 aliphatic carbocycles. The van der Waals surface area contributed by atoms with E-state index in [-0.39, 0.29) is 0 Å². The fourth-order valence-corrected chi connectivity index (χ4v) is 1.88. The van der Waals surface area contributed by atoms with E-state index >= 15 is 0 Å². The molecule has 2 N–H and O–H groups in total. The molecule has 2 rings (SSSR count). The van der Waals surface area contributed by atoms with Gasteiger partial charge in [0.15, 0.2) is 0 Å². The third-order valence-corrected chi connectivity index (χ3v) is 3.13. The molecule has 0 aliphatic heterocycles. The molecular weight excluding hydrogens is 330 g/mol. The van der Waals surface area contributed by atoms with Gasteiger partial charge in [-0.3, -0.25) is 9.59 Å². The molecule has 0 aliphatic rings. The van der Waals surface area contributed by atoms with Crippen molar-refractivity contribution >= 4 is 35.3 Å². The van der Waals surface area contributed by atoms with Crippen LogP contribution in [0.2, 0.25) is 5.02 Å². The van der Waals surface area contributed by atoms with Gasteiger partial charge in [0.1, 0.15) is 5.75 Å². The van der Waals surface area contributed by atoms with Crippen molar-refractivity contribution in [2.24, 2.45) is 5.10 Å². The van der Waals surface area contributed by atoms with Crippen molar-refractivity contribution in [3.05, 3.63) is 59.1 Å². The molecule has 0 aromatic heterocycles. The molecule has 0 saturated carbocycles. The number of amides is 2. The molecule has 0 fully saturated rings. The number of nitrogens with zero attached hydrogens (tertiary/aromatic N) is 1. The number of carbonyl (C=O) groups is 2. The molecule has 0 saturated heterocycles. The summed E-state index contributed by atoms with van der Waals surface area (Å²) in [7, 11) is 0. The largest absolute Gasteiger partial charge is 0.494 e. The number of ether oxygens (including phenoxy) is 1. The van der Waals surface area contributed by atoms with Crippen molar-refractivity contribution in [1.82, 2.24) is 5.43 Å². The first-order valence-corrected chi connectivity index (χ1v) is 7.59. The highest BCUT2D eigenvalue weighted by Gasteiger charge is 2.12. The van der Waals surface area contributed by atoms with Crippen molar-refractivity contribution in [2.45, 2.75) is 6.92 Å². The van der Waals surface area contributed by atoms with E-state index in [9.17, 15) is 9.59 Å². The number of rotatable bonds is 5. The van der Waals surface area contributed by atoms with Gasteiger partial charge in [-0.05, 0) is 61.0 Å². The van der Waals surface area contributed by atoms with Gasteiger partial charge in [0, 0.05) is 10.7 Å². The summed E-state index contributed by atoms with van der Waals surface area (Å²) >= 11 is 5.75. The summed E-state index contributed by atoms with van der Waals surface area (Å²) in [4.78, 5) is 23.4. The Kier molecular flexibility index (Phi) is 6.33. The molecular formula is C17H16ClN3O3. The Morgan fingerprint density at radius 1 is 1.08 bits per heavy atom. The van der Waals surface area contributed by atoms with Crippen LogP contribution in [0.4, 0.5) is 5.69 Å². The molecule has 124 valence electrons. The van der Waals surface area contributed by atoms with Crippen molar-refractivity contribution in [3.8, 4) is 5.75 Å². The topological polar surface area (TPSA) is 79.8 Å². The van der Waals surface area contributed by atoms with Gasteiger partial charge in [0.25, 0.3) is 0 Å². The number of hydrogen-bond acceptors (Lipinski definition) is 4. The van der Waals surface area contributed by atoms with E-state index in [4.69, 9.17) is 16.3 Å². The normalized spacial score (nSPS) is 10.4. The summed E-state index contributed by atoms with van der Waals surface area (Å²) < 4.78 is 5.32. The maximum atomic E-state index is 11.7. The summed E-state index contributed by atoms with van der Waals surface area (Å²) in [6.45, 7) is 2.49. The Morgan fingerprint density at radius 2 is 1.75 bits per heavy atom. The van der Waals surface area contributed by atoms with E-state index in [0.29, 0.717) is 17.3 Å². The number of hydrogen-bond donors (Lipinski definition) is 2. The molecule has 0 bridgehead atoms. The number of halogens is 1. The first kappa shape index (κ1) is 17.5. The van der Waals surface area contributed by atoms with Gasteiger partial charge in [-0.15, -0.1) is 0 Å². The standard InChI is InChI=1S/C17H16ClN3O3/c1-2-24-15-9-3-12(4-10-15)11-19-21-17(23)16(22)20-14-7-5-13(18)6-8-14/h3-11H,2H2,1H3,(H,20,22)(H,21,23). The zero-order valence-electron chi connectivity index (χ0n) is 13.0. The van der Waals surface area contributed by atoms with E-state index in [1.54, 1.807) is 48.5 Å². The second-order valence-corrected chi connectivity index (χ2v) is 5.10. The van der Waals surface area contributed by atoms with Gasteiger partial charge >= 0.3 is 11.8 Å². The van der Waals surface area contributed by atoms with Gasteiger partial charge in [-0.2, -0.15) is 5.10 Å². The summed E-state index contributed by atoms with van der Waals surface area (Å²) in [5.41, 5.74) is 3.39. The van der Waals surface area contributed by atoms with Crippen molar-refractivity contribution in [1.29, 1.82) is 0 Å². The van der Waals surface area contributed by atoms with Gasteiger partial charge in [0.05, 0.1) is 12.8 Å². The third-order valence-electron chi connectivity index (χ3n) is 2.88. The smallest absolute Gasteiger partial charge is 0.329 e. The molecule has 7 heteroatoms. The van der Waals surface area contributed by atoms with Crippen LogP contribution in [0.5, 0.6) is 5.75 Å². The molecule has 2 aromatic rings. The SMILES string of the molecule is CCOc1ccc(C=NNC(=O)C(=O)Nc2ccc(Cl)cc2)cc1. The van der Waals surface area contributed by atoms with Gasteiger partial charge in [0.2, 0.25) is 0 Å². The first-order valence-electron chi connectivity index (χ1n) is 7.21. The number of carbonyl (C=O) groups excluding carboxylic acids is 2. The zero-order chi connectivity index (χ0) is 17.4. The van der Waals surface area contributed by atoms with E-state index in [1.165, 1.54) is 6.21 Å². The van der Waals surface area contributed by atoms with Crippen LogP contribution in [0.25, 0.3) is 0 Å². The lowest BCUT2D eigenvalue weighted by Gasteiger charge is -2.04. The van der Waals surface area contributed by atoms with Gasteiger partial charge in [-0.25, -0.2) is 5.43 Å². The minimum atomic E-state index is -0.868. The predicted molar refractivity (Wildman–Crippen MR) is 93.4 cm³/mol. The Hall–Kier alpha value is -2.86. The van der Waals surface area contributed by atoms with Crippen molar-refractivity contribution in [3.63, 3.8) is 0 Å². The summed E-state index contributed by atoms with van der Waals surface area (Å²) in [5.74, 6) is -0.936. The second-order valence-electron chi connectivity index (χ2n) is 4.66. The summed E-state index contributed by atoms with van der Waals surface area (Å²) in [6.07, 6.45) is 1.43. The first-order chi connectivity index (χ1) is 11.6. The summed E-state index contributed by atoms with van der Waals surface area (Å²) in [5, 5.41) is 6.73. The second kappa shape index (κ2) is 8.69. The number of anilines is 1. The highest BCUT2D eigenvalue weighted by atomic mass is 35.5. The lowest BCUT2D eigenvalue weighted by molar-refractivity contribution is -0.136. The Bertz CT molecular complexity index is 728. The number of hydrazone groups is 1. The maximum Gasteiger partial charge on any atom is 0.329 e. The monoisotopic (exact) mass is 345 g/mol.